The summed E-state index contributed by atoms with van der Waals surface area (Å²) in [6.45, 7) is 3.82. The van der Waals surface area contributed by atoms with Crippen LogP contribution in [0.4, 0.5) is 5.69 Å². The first-order valence-corrected chi connectivity index (χ1v) is 9.58. The zero-order chi connectivity index (χ0) is 18.0. The number of hydrogen-bond acceptors (Lipinski definition) is 4. The van der Waals surface area contributed by atoms with Crippen LogP contribution < -0.4 is 15.8 Å². The number of anilines is 1. The van der Waals surface area contributed by atoms with Crippen molar-refractivity contribution in [1.29, 1.82) is 0 Å². The number of carbonyl (C=O) groups excluding carboxylic acids is 1. The molecule has 1 aromatic heterocycles. The van der Waals surface area contributed by atoms with Crippen LogP contribution in [0.2, 0.25) is 5.02 Å². The second kappa shape index (κ2) is 7.77. The molecule has 1 N–H and O–H groups in total. The van der Waals surface area contributed by atoms with E-state index in [9.17, 15) is 9.59 Å². The van der Waals surface area contributed by atoms with Gasteiger partial charge in [-0.3, -0.25) is 9.59 Å². The summed E-state index contributed by atoms with van der Waals surface area (Å²) in [7, 11) is 1.58. The van der Waals surface area contributed by atoms with Crippen molar-refractivity contribution in [2.45, 2.75) is 51.5 Å². The standard InChI is InChI=1S/C18H27ClN4O2/c1-12-3-5-14(6-4-12)21-16(24)9-13-7-8-23(11-13)15-10-20-22(2)18(25)17(15)19/h10,12-14H,3-9,11H2,1-2H3,(H,21,24). The molecule has 3 rings (SSSR count). The summed E-state index contributed by atoms with van der Waals surface area (Å²) in [5, 5.41) is 7.46. The lowest BCUT2D eigenvalue weighted by Crippen LogP contribution is -2.38. The highest BCUT2D eigenvalue weighted by atomic mass is 35.5. The number of aryl methyl sites for hydroxylation is 1. The molecule has 1 saturated heterocycles. The zero-order valence-corrected chi connectivity index (χ0v) is 15.8. The monoisotopic (exact) mass is 366 g/mol. The van der Waals surface area contributed by atoms with Gasteiger partial charge in [0.1, 0.15) is 5.02 Å². The van der Waals surface area contributed by atoms with E-state index >= 15 is 0 Å². The molecule has 7 heteroatoms. The van der Waals surface area contributed by atoms with E-state index in [0.717, 1.165) is 38.3 Å². The van der Waals surface area contributed by atoms with Gasteiger partial charge in [-0.1, -0.05) is 18.5 Å². The van der Waals surface area contributed by atoms with Gasteiger partial charge >= 0.3 is 0 Å². The molecule has 2 aliphatic rings. The molecule has 2 fully saturated rings. The van der Waals surface area contributed by atoms with E-state index in [2.05, 4.69) is 22.2 Å². The highest BCUT2D eigenvalue weighted by Gasteiger charge is 2.28. The molecule has 1 aliphatic heterocycles. The van der Waals surface area contributed by atoms with Crippen LogP contribution in [-0.2, 0) is 11.8 Å². The largest absolute Gasteiger partial charge is 0.369 e. The summed E-state index contributed by atoms with van der Waals surface area (Å²) in [5.74, 6) is 1.23. The average Bonchev–Trinajstić information content (AvgIpc) is 3.03. The van der Waals surface area contributed by atoms with Crippen LogP contribution in [0.1, 0.15) is 45.4 Å². The fourth-order valence-corrected chi connectivity index (χ4v) is 4.18. The first kappa shape index (κ1) is 18.2. The average molecular weight is 367 g/mol. The van der Waals surface area contributed by atoms with Gasteiger partial charge in [-0.05, 0) is 43.9 Å². The molecule has 2 heterocycles. The van der Waals surface area contributed by atoms with Crippen molar-refractivity contribution >= 4 is 23.2 Å². The van der Waals surface area contributed by atoms with E-state index in [0.29, 0.717) is 24.1 Å². The molecule has 1 saturated carbocycles. The van der Waals surface area contributed by atoms with E-state index in [1.807, 2.05) is 0 Å². The van der Waals surface area contributed by atoms with Crippen LogP contribution in [0, 0.1) is 11.8 Å². The number of rotatable bonds is 4. The Morgan fingerprint density at radius 2 is 2.04 bits per heavy atom. The summed E-state index contributed by atoms with van der Waals surface area (Å²) < 4.78 is 1.23. The van der Waals surface area contributed by atoms with Crippen LogP contribution in [0.3, 0.4) is 0 Å². The second-order valence-electron chi connectivity index (χ2n) is 7.60. The number of amides is 1. The molecule has 25 heavy (non-hydrogen) atoms. The molecular weight excluding hydrogens is 340 g/mol. The minimum absolute atomic E-state index is 0.152. The van der Waals surface area contributed by atoms with E-state index in [1.54, 1.807) is 13.2 Å². The van der Waals surface area contributed by atoms with Crippen LogP contribution in [0.5, 0.6) is 0 Å². The molecule has 0 bridgehead atoms. The predicted molar refractivity (Wildman–Crippen MR) is 99.0 cm³/mol. The van der Waals surface area contributed by atoms with Gasteiger partial charge in [0.2, 0.25) is 5.91 Å². The maximum absolute atomic E-state index is 12.3. The van der Waals surface area contributed by atoms with Crippen molar-refractivity contribution in [1.82, 2.24) is 15.1 Å². The Kier molecular flexibility index (Phi) is 5.67. The molecule has 6 nitrogen and oxygen atoms in total. The van der Waals surface area contributed by atoms with Crippen molar-refractivity contribution in [2.75, 3.05) is 18.0 Å². The van der Waals surface area contributed by atoms with Crippen molar-refractivity contribution in [3.8, 4) is 0 Å². The van der Waals surface area contributed by atoms with Crippen LogP contribution in [-0.4, -0.2) is 34.8 Å². The molecule has 0 aromatic carbocycles. The van der Waals surface area contributed by atoms with Gasteiger partial charge in [0.25, 0.3) is 5.56 Å². The number of nitrogens with zero attached hydrogens (tertiary/aromatic N) is 3. The van der Waals surface area contributed by atoms with Crippen LogP contribution >= 0.6 is 11.6 Å². The third-order valence-corrected chi connectivity index (χ3v) is 5.90. The Bertz CT molecular complexity index is 682. The number of hydrogen-bond donors (Lipinski definition) is 1. The highest BCUT2D eigenvalue weighted by molar-refractivity contribution is 6.33. The fourth-order valence-electron chi connectivity index (χ4n) is 3.89. The molecule has 1 aliphatic carbocycles. The van der Waals surface area contributed by atoms with Gasteiger partial charge in [0.15, 0.2) is 0 Å². The Balaban J connectivity index is 1.52. The van der Waals surface area contributed by atoms with Crippen molar-refractivity contribution < 1.29 is 4.79 Å². The molecule has 138 valence electrons. The summed E-state index contributed by atoms with van der Waals surface area (Å²) >= 11 is 6.18. The number of aromatic nitrogens is 2. The third-order valence-electron chi connectivity index (χ3n) is 5.54. The van der Waals surface area contributed by atoms with Gasteiger partial charge in [-0.15, -0.1) is 0 Å². The first-order valence-electron chi connectivity index (χ1n) is 9.20. The van der Waals surface area contributed by atoms with Gasteiger partial charge in [-0.2, -0.15) is 5.10 Å². The Hall–Kier alpha value is -1.56. The number of nitrogens with one attached hydrogen (secondary N) is 1. The first-order chi connectivity index (χ1) is 11.9. The second-order valence-corrected chi connectivity index (χ2v) is 7.98. The van der Waals surface area contributed by atoms with E-state index in [1.165, 1.54) is 17.5 Å². The SMILES string of the molecule is CC1CCC(NC(=O)CC2CCN(c3cnn(C)c(=O)c3Cl)C2)CC1. The van der Waals surface area contributed by atoms with E-state index in [-0.39, 0.29) is 16.5 Å². The summed E-state index contributed by atoms with van der Waals surface area (Å²) in [6, 6.07) is 0.344. The van der Waals surface area contributed by atoms with Gasteiger partial charge < -0.3 is 10.2 Å². The van der Waals surface area contributed by atoms with Crippen molar-refractivity contribution in [3.63, 3.8) is 0 Å². The topological polar surface area (TPSA) is 67.2 Å². The minimum Gasteiger partial charge on any atom is -0.369 e. The summed E-state index contributed by atoms with van der Waals surface area (Å²) in [4.78, 5) is 26.3. The van der Waals surface area contributed by atoms with Crippen molar-refractivity contribution in [2.24, 2.45) is 18.9 Å². The lowest BCUT2D eigenvalue weighted by Gasteiger charge is -2.27. The smallest absolute Gasteiger partial charge is 0.287 e. The molecule has 0 spiro atoms. The highest BCUT2D eigenvalue weighted by Crippen LogP contribution is 2.29. The third kappa shape index (κ3) is 4.35. The van der Waals surface area contributed by atoms with Crippen LogP contribution in [0.25, 0.3) is 0 Å². The maximum atomic E-state index is 12.3. The van der Waals surface area contributed by atoms with Gasteiger partial charge in [0, 0.05) is 32.6 Å². The van der Waals surface area contributed by atoms with E-state index < -0.39 is 0 Å². The van der Waals surface area contributed by atoms with E-state index in [4.69, 9.17) is 11.6 Å². The van der Waals surface area contributed by atoms with Crippen molar-refractivity contribution in [3.05, 3.63) is 21.6 Å². The normalized spacial score (nSPS) is 26.7. The molecule has 1 atom stereocenters. The van der Waals surface area contributed by atoms with Crippen LogP contribution in [0.15, 0.2) is 11.0 Å². The fraction of sp³-hybridized carbons (Fsp3) is 0.722. The lowest BCUT2D eigenvalue weighted by atomic mass is 9.87. The zero-order valence-electron chi connectivity index (χ0n) is 15.0. The Labute approximate surface area is 153 Å². The molecule has 0 radical (unpaired) electrons. The van der Waals surface area contributed by atoms with Gasteiger partial charge in [-0.25, -0.2) is 4.68 Å². The molecule has 1 aromatic rings. The lowest BCUT2D eigenvalue weighted by molar-refractivity contribution is -0.122. The number of carbonyl (C=O) groups is 1. The minimum atomic E-state index is -0.285. The molecular formula is C18H27ClN4O2. The Morgan fingerprint density at radius 1 is 1.32 bits per heavy atom. The summed E-state index contributed by atoms with van der Waals surface area (Å²) in [6.07, 6.45) is 7.71. The van der Waals surface area contributed by atoms with Gasteiger partial charge in [0.05, 0.1) is 11.9 Å². The molecule has 1 amide bonds. The quantitative estimate of drug-likeness (QED) is 0.888. The summed E-state index contributed by atoms with van der Waals surface area (Å²) in [5.41, 5.74) is 0.390. The molecule has 1 unspecified atom stereocenters. The number of halogens is 1. The predicted octanol–water partition coefficient (Wildman–Crippen LogP) is 2.34. The Morgan fingerprint density at radius 3 is 2.76 bits per heavy atom. The maximum Gasteiger partial charge on any atom is 0.287 e.